The molecule has 0 bridgehead atoms. The Morgan fingerprint density at radius 2 is 1.48 bits per heavy atom. The van der Waals surface area contributed by atoms with E-state index in [1.807, 2.05) is 6.08 Å². The highest BCUT2D eigenvalue weighted by Crippen LogP contribution is 2.09. The summed E-state index contributed by atoms with van der Waals surface area (Å²) in [7, 11) is 0. The molecule has 0 aliphatic carbocycles. The van der Waals surface area contributed by atoms with E-state index in [0.29, 0.717) is 5.57 Å². The lowest BCUT2D eigenvalue weighted by molar-refractivity contribution is -0.146. The molecule has 4 heteroatoms. The molecule has 0 aliphatic heterocycles. The fourth-order valence-corrected chi connectivity index (χ4v) is 2.02. The van der Waals surface area contributed by atoms with Crippen LogP contribution in [0.4, 0.5) is 0 Å². The van der Waals surface area contributed by atoms with Crippen molar-refractivity contribution in [1.29, 1.82) is 0 Å². The van der Waals surface area contributed by atoms with Gasteiger partial charge in [-0.3, -0.25) is 0 Å². The second-order valence-electron chi connectivity index (χ2n) is 5.75. The van der Waals surface area contributed by atoms with E-state index in [9.17, 15) is 9.59 Å². The van der Waals surface area contributed by atoms with Crippen LogP contribution in [-0.2, 0) is 19.1 Å². The smallest absolute Gasteiger partial charge is 0.333 e. The molecule has 132 valence electrons. The Morgan fingerprint density at radius 1 is 0.913 bits per heavy atom. The Bertz CT molecular complexity index is 372. The van der Waals surface area contributed by atoms with Gasteiger partial charge in [-0.1, -0.05) is 64.5 Å². The van der Waals surface area contributed by atoms with Crippen molar-refractivity contribution in [2.24, 2.45) is 0 Å². The maximum absolute atomic E-state index is 11.4. The number of rotatable bonds is 14. The quantitative estimate of drug-likeness (QED) is 0.263. The lowest BCUT2D eigenvalue weighted by Gasteiger charge is -2.04. The van der Waals surface area contributed by atoms with Gasteiger partial charge in [-0.2, -0.15) is 0 Å². The number of unbranched alkanes of at least 4 members (excludes halogenated alkanes) is 8. The van der Waals surface area contributed by atoms with Crippen LogP contribution in [0, 0.1) is 0 Å². The Balaban J connectivity index is 3.41. The first-order chi connectivity index (χ1) is 11.1. The van der Waals surface area contributed by atoms with Crippen molar-refractivity contribution in [3.63, 3.8) is 0 Å². The van der Waals surface area contributed by atoms with E-state index in [-0.39, 0.29) is 13.2 Å². The van der Waals surface area contributed by atoms with Crippen LogP contribution in [0.2, 0.25) is 0 Å². The molecular weight excluding hydrogens is 292 g/mol. The summed E-state index contributed by atoms with van der Waals surface area (Å²) in [6, 6.07) is 0. The molecule has 0 amide bonds. The highest BCUT2D eigenvalue weighted by molar-refractivity contribution is 5.87. The third kappa shape index (κ3) is 15.1. The maximum atomic E-state index is 11.4. The summed E-state index contributed by atoms with van der Waals surface area (Å²) in [4.78, 5) is 22.5. The number of ether oxygens (including phenoxy) is 2. The predicted octanol–water partition coefficient (Wildman–Crippen LogP) is 4.74. The molecule has 0 N–H and O–H groups in total. The molecule has 0 aliphatic rings. The van der Waals surface area contributed by atoms with Gasteiger partial charge in [-0.25, -0.2) is 9.59 Å². The minimum absolute atomic E-state index is 0.0588. The Hall–Kier alpha value is -1.58. The van der Waals surface area contributed by atoms with Crippen LogP contribution >= 0.6 is 0 Å². The third-order valence-electron chi connectivity index (χ3n) is 3.39. The van der Waals surface area contributed by atoms with Crippen LogP contribution in [0.15, 0.2) is 24.3 Å². The molecule has 4 nitrogen and oxygen atoms in total. The first-order valence-corrected chi connectivity index (χ1v) is 8.73. The van der Waals surface area contributed by atoms with Gasteiger partial charge in [0.25, 0.3) is 0 Å². The number of hydrogen-bond donors (Lipinski definition) is 0. The van der Waals surface area contributed by atoms with Gasteiger partial charge >= 0.3 is 11.9 Å². The van der Waals surface area contributed by atoms with Gasteiger partial charge in [0.05, 0.1) is 0 Å². The average Bonchev–Trinajstić information content (AvgIpc) is 2.53. The fourth-order valence-electron chi connectivity index (χ4n) is 2.02. The normalized spacial score (nSPS) is 10.7. The van der Waals surface area contributed by atoms with Crippen molar-refractivity contribution >= 4 is 11.9 Å². The third-order valence-corrected chi connectivity index (χ3v) is 3.39. The Labute approximate surface area is 140 Å². The van der Waals surface area contributed by atoms with Gasteiger partial charge in [0.2, 0.25) is 0 Å². The lowest BCUT2D eigenvalue weighted by atomic mass is 10.1. The molecular formula is C19H32O4. The zero-order valence-electron chi connectivity index (χ0n) is 14.8. The van der Waals surface area contributed by atoms with E-state index in [2.05, 4.69) is 13.5 Å². The Morgan fingerprint density at radius 3 is 2.09 bits per heavy atom. The molecule has 0 heterocycles. The van der Waals surface area contributed by atoms with Crippen LogP contribution in [0.3, 0.4) is 0 Å². The summed E-state index contributed by atoms with van der Waals surface area (Å²) >= 11 is 0. The molecule has 0 unspecified atom stereocenters. The standard InChI is InChI=1S/C19H32O4/c1-4-5-6-7-8-9-10-11-12-13-14-18(20)22-15-16-23-19(21)17(2)3/h13-14H,2,4-12,15-16H2,1,3H3/b14-13+. The van der Waals surface area contributed by atoms with E-state index >= 15 is 0 Å². The van der Waals surface area contributed by atoms with E-state index in [1.54, 1.807) is 6.92 Å². The summed E-state index contributed by atoms with van der Waals surface area (Å²) in [6.07, 6.45) is 14.4. The van der Waals surface area contributed by atoms with E-state index in [0.717, 1.165) is 12.8 Å². The summed E-state index contributed by atoms with van der Waals surface area (Å²) < 4.78 is 9.74. The molecule has 0 saturated heterocycles. The molecule has 0 saturated carbocycles. The number of carbonyl (C=O) groups excluding carboxylic acids is 2. The minimum atomic E-state index is -0.466. The van der Waals surface area contributed by atoms with Crippen LogP contribution in [0.1, 0.15) is 71.6 Å². The minimum Gasteiger partial charge on any atom is -0.459 e. The first-order valence-electron chi connectivity index (χ1n) is 8.73. The van der Waals surface area contributed by atoms with Gasteiger partial charge < -0.3 is 9.47 Å². The maximum Gasteiger partial charge on any atom is 0.333 e. The van der Waals surface area contributed by atoms with Crippen LogP contribution < -0.4 is 0 Å². The predicted molar refractivity (Wildman–Crippen MR) is 93.1 cm³/mol. The summed E-state index contributed by atoms with van der Waals surface area (Å²) in [5.74, 6) is -0.859. The van der Waals surface area contributed by atoms with Gasteiger partial charge in [-0.15, -0.1) is 0 Å². The van der Waals surface area contributed by atoms with Crippen molar-refractivity contribution in [3.8, 4) is 0 Å². The SMILES string of the molecule is C=C(C)C(=O)OCCOC(=O)/C=C/CCCCCCCCCC. The van der Waals surface area contributed by atoms with Gasteiger partial charge in [0.1, 0.15) is 13.2 Å². The number of hydrogen-bond acceptors (Lipinski definition) is 4. The highest BCUT2D eigenvalue weighted by atomic mass is 16.6. The molecule has 0 spiro atoms. The van der Waals surface area contributed by atoms with Crippen molar-refractivity contribution in [2.75, 3.05) is 13.2 Å². The zero-order chi connectivity index (χ0) is 17.3. The van der Waals surface area contributed by atoms with E-state index < -0.39 is 11.9 Å². The molecule has 0 fully saturated rings. The van der Waals surface area contributed by atoms with Crippen molar-refractivity contribution in [1.82, 2.24) is 0 Å². The molecule has 0 aromatic heterocycles. The van der Waals surface area contributed by atoms with Crippen LogP contribution in [0.25, 0.3) is 0 Å². The molecule has 0 radical (unpaired) electrons. The number of esters is 2. The summed E-state index contributed by atoms with van der Waals surface area (Å²) in [6.45, 7) is 7.39. The van der Waals surface area contributed by atoms with Crippen LogP contribution in [-0.4, -0.2) is 25.2 Å². The summed E-state index contributed by atoms with van der Waals surface area (Å²) in [5, 5.41) is 0. The van der Waals surface area contributed by atoms with Crippen molar-refractivity contribution < 1.29 is 19.1 Å². The Kier molecular flexibility index (Phi) is 14.3. The topological polar surface area (TPSA) is 52.6 Å². The lowest BCUT2D eigenvalue weighted by Crippen LogP contribution is -2.12. The van der Waals surface area contributed by atoms with Gasteiger partial charge in [0, 0.05) is 11.6 Å². The molecule has 0 rings (SSSR count). The molecule has 0 aromatic rings. The zero-order valence-corrected chi connectivity index (χ0v) is 14.8. The second kappa shape index (κ2) is 15.3. The number of carbonyl (C=O) groups is 2. The van der Waals surface area contributed by atoms with Gasteiger partial charge in [-0.05, 0) is 19.8 Å². The second-order valence-corrected chi connectivity index (χ2v) is 5.75. The average molecular weight is 324 g/mol. The molecule has 0 aromatic carbocycles. The largest absolute Gasteiger partial charge is 0.459 e. The van der Waals surface area contributed by atoms with Gasteiger partial charge in [0.15, 0.2) is 0 Å². The molecule has 23 heavy (non-hydrogen) atoms. The van der Waals surface area contributed by atoms with E-state index in [4.69, 9.17) is 9.47 Å². The van der Waals surface area contributed by atoms with Crippen LogP contribution in [0.5, 0.6) is 0 Å². The van der Waals surface area contributed by atoms with E-state index in [1.165, 1.54) is 51.0 Å². The first kappa shape index (κ1) is 21.4. The number of allylic oxidation sites excluding steroid dienone is 1. The van der Waals surface area contributed by atoms with Crippen molar-refractivity contribution in [2.45, 2.75) is 71.6 Å². The highest BCUT2D eigenvalue weighted by Gasteiger charge is 2.03. The molecule has 0 atom stereocenters. The van der Waals surface area contributed by atoms with Crippen molar-refractivity contribution in [3.05, 3.63) is 24.3 Å². The summed E-state index contributed by atoms with van der Waals surface area (Å²) in [5.41, 5.74) is 0.335. The monoisotopic (exact) mass is 324 g/mol. The fraction of sp³-hybridized carbons (Fsp3) is 0.684.